The molecule has 0 atom stereocenters. The summed E-state index contributed by atoms with van der Waals surface area (Å²) in [4.78, 5) is 18.5. The number of rotatable bonds is 11. The van der Waals surface area contributed by atoms with Gasteiger partial charge in [0.25, 0.3) is 0 Å². The average Bonchev–Trinajstić information content (AvgIpc) is 2.80. The van der Waals surface area contributed by atoms with Crippen molar-refractivity contribution in [2.75, 3.05) is 74.4 Å². The van der Waals surface area contributed by atoms with Crippen LogP contribution in [0, 0.1) is 0 Å². The van der Waals surface area contributed by atoms with Crippen LogP contribution in [0.5, 0.6) is 0 Å². The third-order valence-electron chi connectivity index (χ3n) is 4.32. The van der Waals surface area contributed by atoms with Crippen molar-refractivity contribution < 1.29 is 0 Å². The fourth-order valence-electron chi connectivity index (χ4n) is 2.76. The number of anilines is 3. The van der Waals surface area contributed by atoms with Crippen molar-refractivity contribution in [1.29, 1.82) is 0 Å². The van der Waals surface area contributed by atoms with E-state index in [0.717, 1.165) is 77.7 Å². The molecule has 0 aromatic carbocycles. The number of aromatic nitrogens is 3. The van der Waals surface area contributed by atoms with Gasteiger partial charge in [-0.2, -0.15) is 15.0 Å². The number of nitrogens with one attached hydrogen (secondary N) is 3. The maximum atomic E-state index is 4.65. The molecule has 8 heteroatoms. The predicted molar refractivity (Wildman–Crippen MR) is 127 cm³/mol. The highest BCUT2D eigenvalue weighted by Crippen LogP contribution is 2.15. The van der Waals surface area contributed by atoms with Gasteiger partial charge in [-0.1, -0.05) is 48.5 Å². The topological polar surface area (TPSA) is 81.2 Å². The number of hydrogen-bond donors (Lipinski definition) is 3. The van der Waals surface area contributed by atoms with Gasteiger partial charge in [0.2, 0.25) is 17.8 Å². The van der Waals surface area contributed by atoms with Crippen molar-refractivity contribution in [1.82, 2.24) is 25.2 Å². The Balaban J connectivity index is 0.00000184. The monoisotopic (exact) mass is 410 g/mol. The van der Waals surface area contributed by atoms with Crippen LogP contribution in [0.1, 0.15) is 61.3 Å². The Labute approximate surface area is 179 Å². The van der Waals surface area contributed by atoms with E-state index in [1.807, 2.05) is 27.7 Å². The first-order valence-corrected chi connectivity index (χ1v) is 11.7. The molecule has 170 valence electrons. The molecule has 0 bridgehead atoms. The van der Waals surface area contributed by atoms with Gasteiger partial charge in [0, 0.05) is 39.3 Å². The Morgan fingerprint density at radius 2 is 1.34 bits per heavy atom. The van der Waals surface area contributed by atoms with E-state index in [0.29, 0.717) is 11.9 Å². The molecule has 1 aromatic rings. The van der Waals surface area contributed by atoms with Crippen molar-refractivity contribution >= 4 is 17.8 Å². The zero-order valence-corrected chi connectivity index (χ0v) is 20.0. The second-order valence-electron chi connectivity index (χ2n) is 6.26. The van der Waals surface area contributed by atoms with Crippen molar-refractivity contribution in [2.45, 2.75) is 61.3 Å². The van der Waals surface area contributed by atoms with Crippen LogP contribution >= 0.6 is 0 Å². The second kappa shape index (κ2) is 18.4. The van der Waals surface area contributed by atoms with E-state index in [1.165, 1.54) is 0 Å². The highest BCUT2D eigenvalue weighted by atomic mass is 15.4. The van der Waals surface area contributed by atoms with Gasteiger partial charge in [-0.3, -0.25) is 0 Å². The van der Waals surface area contributed by atoms with Crippen LogP contribution in [0.15, 0.2) is 0 Å². The minimum absolute atomic E-state index is 0.665. The molecule has 8 nitrogen and oxygen atoms in total. The third-order valence-corrected chi connectivity index (χ3v) is 4.32. The molecule has 0 saturated carbocycles. The van der Waals surface area contributed by atoms with Crippen molar-refractivity contribution in [3.8, 4) is 0 Å². The van der Waals surface area contributed by atoms with E-state index in [1.54, 1.807) is 0 Å². The first-order chi connectivity index (χ1) is 14.3. The lowest BCUT2D eigenvalue weighted by Crippen LogP contribution is -2.46. The van der Waals surface area contributed by atoms with Gasteiger partial charge in [0.15, 0.2) is 0 Å². The average molecular weight is 411 g/mol. The van der Waals surface area contributed by atoms with E-state index in [2.05, 4.69) is 61.5 Å². The zero-order valence-electron chi connectivity index (χ0n) is 20.0. The maximum absolute atomic E-state index is 4.65. The molecule has 29 heavy (non-hydrogen) atoms. The summed E-state index contributed by atoms with van der Waals surface area (Å²) in [6, 6.07) is 0. The molecule has 0 radical (unpaired) electrons. The number of piperazine rings is 1. The lowest BCUT2D eigenvalue weighted by Gasteiger charge is -2.34. The Bertz CT molecular complexity index is 490. The van der Waals surface area contributed by atoms with E-state index >= 15 is 0 Å². The SMILES string of the molecule is CC.CC.CCCNc1nc(NCCCNCC)nc(N2CCN(CC)CC2)n1. The summed E-state index contributed by atoms with van der Waals surface area (Å²) in [5, 5.41) is 9.96. The number of nitrogens with zero attached hydrogens (tertiary/aromatic N) is 5. The van der Waals surface area contributed by atoms with E-state index in [-0.39, 0.29) is 0 Å². The molecule has 1 aliphatic heterocycles. The molecule has 2 rings (SSSR count). The standard InChI is InChI=1S/C17H34N8.2C2H6/c1-4-8-19-15-21-16(20-10-7-9-18-5-2)23-17(22-15)25-13-11-24(6-3)12-14-25;2*1-2/h18H,4-14H2,1-3H3,(H2,19,20,21,22,23);2*1-2H3. The summed E-state index contributed by atoms with van der Waals surface area (Å²) in [7, 11) is 0. The van der Waals surface area contributed by atoms with Gasteiger partial charge >= 0.3 is 0 Å². The fourth-order valence-corrected chi connectivity index (χ4v) is 2.76. The molecule has 1 fully saturated rings. The molecule has 0 aliphatic carbocycles. The summed E-state index contributed by atoms with van der Waals surface area (Å²) in [5.41, 5.74) is 0. The summed E-state index contributed by atoms with van der Waals surface area (Å²) >= 11 is 0. The molecule has 0 amide bonds. The summed E-state index contributed by atoms with van der Waals surface area (Å²) in [6.07, 6.45) is 2.09. The van der Waals surface area contributed by atoms with E-state index < -0.39 is 0 Å². The van der Waals surface area contributed by atoms with Gasteiger partial charge in [0.1, 0.15) is 0 Å². The molecule has 1 aromatic heterocycles. The van der Waals surface area contributed by atoms with E-state index in [9.17, 15) is 0 Å². The fraction of sp³-hybridized carbons (Fsp3) is 0.857. The maximum Gasteiger partial charge on any atom is 0.232 e. The third kappa shape index (κ3) is 11.2. The quantitative estimate of drug-likeness (QED) is 0.480. The van der Waals surface area contributed by atoms with Crippen molar-refractivity contribution in [3.05, 3.63) is 0 Å². The van der Waals surface area contributed by atoms with E-state index in [4.69, 9.17) is 0 Å². The van der Waals surface area contributed by atoms with Crippen LogP contribution in [-0.2, 0) is 0 Å². The number of hydrogen-bond acceptors (Lipinski definition) is 8. The molecule has 1 aliphatic rings. The minimum Gasteiger partial charge on any atom is -0.354 e. The highest BCUT2D eigenvalue weighted by Gasteiger charge is 2.19. The van der Waals surface area contributed by atoms with Crippen LogP contribution in [0.25, 0.3) is 0 Å². The lowest BCUT2D eigenvalue weighted by molar-refractivity contribution is 0.270. The van der Waals surface area contributed by atoms with Gasteiger partial charge in [-0.15, -0.1) is 0 Å². The van der Waals surface area contributed by atoms with Gasteiger partial charge in [-0.25, -0.2) is 0 Å². The van der Waals surface area contributed by atoms with Crippen LogP contribution in [0.4, 0.5) is 17.8 Å². The minimum atomic E-state index is 0.665. The van der Waals surface area contributed by atoms with Crippen LogP contribution < -0.4 is 20.9 Å². The molecule has 0 spiro atoms. The second-order valence-corrected chi connectivity index (χ2v) is 6.26. The van der Waals surface area contributed by atoms with Crippen LogP contribution in [-0.4, -0.2) is 78.8 Å². The Morgan fingerprint density at radius 1 is 0.759 bits per heavy atom. The molecule has 1 saturated heterocycles. The Kier molecular flexibility index (Phi) is 17.3. The van der Waals surface area contributed by atoms with Crippen LogP contribution in [0.2, 0.25) is 0 Å². The number of likely N-dealkylation sites (N-methyl/N-ethyl adjacent to an activating group) is 1. The van der Waals surface area contributed by atoms with Crippen LogP contribution in [0.3, 0.4) is 0 Å². The largest absolute Gasteiger partial charge is 0.354 e. The smallest absolute Gasteiger partial charge is 0.232 e. The summed E-state index contributed by atoms with van der Waals surface area (Å²) < 4.78 is 0. The van der Waals surface area contributed by atoms with Crippen molar-refractivity contribution in [2.24, 2.45) is 0 Å². The van der Waals surface area contributed by atoms with Gasteiger partial charge in [-0.05, 0) is 32.5 Å². The molecular formula is C21H46N8. The first-order valence-electron chi connectivity index (χ1n) is 11.7. The molecule has 2 heterocycles. The van der Waals surface area contributed by atoms with Gasteiger partial charge < -0.3 is 25.8 Å². The molecule has 0 unspecified atom stereocenters. The first kappa shape index (κ1) is 27.3. The molecular weight excluding hydrogens is 364 g/mol. The predicted octanol–water partition coefficient (Wildman–Crippen LogP) is 3.30. The van der Waals surface area contributed by atoms with Crippen molar-refractivity contribution in [3.63, 3.8) is 0 Å². The normalized spacial score (nSPS) is 13.7. The highest BCUT2D eigenvalue weighted by molar-refractivity contribution is 5.44. The summed E-state index contributed by atoms with van der Waals surface area (Å²) in [6.45, 7) is 23.3. The zero-order chi connectivity index (χ0) is 21.9. The lowest BCUT2D eigenvalue weighted by atomic mass is 10.3. The summed E-state index contributed by atoms with van der Waals surface area (Å²) in [5.74, 6) is 2.11. The Hall–Kier alpha value is -1.67. The Morgan fingerprint density at radius 3 is 1.86 bits per heavy atom. The van der Waals surface area contributed by atoms with Gasteiger partial charge in [0.05, 0.1) is 0 Å². The molecule has 3 N–H and O–H groups in total.